The van der Waals surface area contributed by atoms with Gasteiger partial charge in [0, 0.05) is 31.2 Å². The first-order valence-corrected chi connectivity index (χ1v) is 13.6. The summed E-state index contributed by atoms with van der Waals surface area (Å²) in [6, 6.07) is 6.31. The van der Waals surface area contributed by atoms with Gasteiger partial charge in [0.2, 0.25) is 17.7 Å². The number of nitrogens with one attached hydrogen (secondary N) is 2. The number of likely N-dealkylation sites (tertiary alicyclic amines) is 1. The molecule has 35 heavy (non-hydrogen) atoms. The van der Waals surface area contributed by atoms with Crippen LogP contribution < -0.4 is 10.6 Å². The molecule has 0 saturated carbocycles. The first-order valence-electron chi connectivity index (χ1n) is 11.7. The Labute approximate surface area is 214 Å². The maximum Gasteiger partial charge on any atom is 0.247 e. The van der Waals surface area contributed by atoms with Crippen LogP contribution in [0, 0.1) is 6.92 Å². The van der Waals surface area contributed by atoms with E-state index in [0.29, 0.717) is 6.54 Å². The van der Waals surface area contributed by atoms with Gasteiger partial charge in [0.15, 0.2) is 0 Å². The maximum absolute atomic E-state index is 13.5. The molecule has 1 saturated heterocycles. The van der Waals surface area contributed by atoms with E-state index < -0.39 is 22.9 Å². The smallest absolute Gasteiger partial charge is 0.247 e. The topological polar surface area (TPSA) is 112 Å². The average molecular weight is 519 g/mol. The molecule has 3 atom stereocenters. The highest BCUT2D eigenvalue weighted by Crippen LogP contribution is 2.31. The third kappa shape index (κ3) is 6.62. The number of amides is 3. The molecule has 3 N–H and O–H groups in total. The lowest BCUT2D eigenvalue weighted by Crippen LogP contribution is -2.59. The van der Waals surface area contributed by atoms with Crippen LogP contribution in [0.2, 0.25) is 0 Å². The average Bonchev–Trinajstić information content (AvgIpc) is 3.41. The van der Waals surface area contributed by atoms with E-state index in [1.807, 2.05) is 57.5 Å². The lowest BCUT2D eigenvalue weighted by Gasteiger charge is -2.36. The minimum absolute atomic E-state index is 0.0583. The Bertz CT molecular complexity index is 1050. The molecule has 1 aliphatic rings. The van der Waals surface area contributed by atoms with Crippen LogP contribution in [0.25, 0.3) is 10.4 Å². The van der Waals surface area contributed by atoms with Crippen molar-refractivity contribution >= 4 is 40.8 Å². The van der Waals surface area contributed by atoms with E-state index >= 15 is 0 Å². The summed E-state index contributed by atoms with van der Waals surface area (Å²) in [5, 5.41) is 16.0. The van der Waals surface area contributed by atoms with Crippen molar-refractivity contribution in [2.45, 2.75) is 70.5 Å². The molecule has 0 aliphatic carbocycles. The van der Waals surface area contributed by atoms with Gasteiger partial charge in [-0.2, -0.15) is 11.8 Å². The zero-order chi connectivity index (χ0) is 25.8. The monoisotopic (exact) mass is 518 g/mol. The molecule has 1 unspecified atom stereocenters. The number of carbonyl (C=O) groups is 3. The fourth-order valence-electron chi connectivity index (χ4n) is 4.32. The number of β-amino-alcohol motifs (C(OH)–C–C–N with tert-alkyl or cyclic N) is 1. The number of aromatic nitrogens is 1. The van der Waals surface area contributed by atoms with E-state index in [0.717, 1.165) is 27.5 Å². The first-order chi connectivity index (χ1) is 16.5. The highest BCUT2D eigenvalue weighted by molar-refractivity contribution is 8.00. The number of aryl methyl sites for hydroxylation is 1. The molecule has 1 aromatic carbocycles. The quantitative estimate of drug-likeness (QED) is 0.471. The molecule has 3 rings (SSSR count). The van der Waals surface area contributed by atoms with Crippen molar-refractivity contribution in [1.29, 1.82) is 0 Å². The van der Waals surface area contributed by atoms with Crippen LogP contribution >= 0.6 is 23.1 Å². The van der Waals surface area contributed by atoms with Gasteiger partial charge in [-0.1, -0.05) is 31.2 Å². The van der Waals surface area contributed by atoms with Gasteiger partial charge in [0.25, 0.3) is 0 Å². The van der Waals surface area contributed by atoms with Gasteiger partial charge in [-0.05, 0) is 37.7 Å². The molecule has 1 aliphatic heterocycles. The predicted molar refractivity (Wildman–Crippen MR) is 140 cm³/mol. The molecule has 190 valence electrons. The van der Waals surface area contributed by atoms with Crippen LogP contribution in [0.4, 0.5) is 0 Å². The summed E-state index contributed by atoms with van der Waals surface area (Å²) in [6.45, 7) is 9.50. The molecule has 8 nitrogen and oxygen atoms in total. The Kier molecular flexibility index (Phi) is 8.95. The van der Waals surface area contributed by atoms with Crippen LogP contribution in [0.1, 0.15) is 45.4 Å². The Morgan fingerprint density at radius 1 is 1.29 bits per heavy atom. The number of hydrogen-bond acceptors (Lipinski definition) is 7. The van der Waals surface area contributed by atoms with Gasteiger partial charge < -0.3 is 20.6 Å². The number of benzene rings is 1. The third-order valence-corrected chi connectivity index (χ3v) is 8.35. The van der Waals surface area contributed by atoms with Crippen LogP contribution in [-0.4, -0.2) is 67.9 Å². The standard InChI is InChI=1S/C25H34N4O4S2/c1-6-35-25(4,5)22(28-16(3)30)24(33)29-13-19(31)11-20(29)23(32)26-12-17-7-9-18(10-8-17)21-15(2)27-14-34-21/h7-10,14,19-20,22,31H,6,11-13H2,1-5H3,(H,26,32)(H,28,30)/t19-,20?,22-/m1/s1. The van der Waals surface area contributed by atoms with Crippen molar-refractivity contribution < 1.29 is 19.5 Å². The number of carbonyl (C=O) groups excluding carboxylic acids is 3. The molecule has 0 bridgehead atoms. The van der Waals surface area contributed by atoms with Crippen molar-refractivity contribution in [2.24, 2.45) is 0 Å². The Morgan fingerprint density at radius 3 is 2.54 bits per heavy atom. The van der Waals surface area contributed by atoms with Crippen molar-refractivity contribution in [2.75, 3.05) is 12.3 Å². The summed E-state index contributed by atoms with van der Waals surface area (Å²) < 4.78 is -0.579. The molecule has 1 fully saturated rings. The van der Waals surface area contributed by atoms with Gasteiger partial charge in [0.05, 0.1) is 22.2 Å². The maximum atomic E-state index is 13.5. The highest BCUT2D eigenvalue weighted by Gasteiger charge is 2.45. The van der Waals surface area contributed by atoms with Gasteiger partial charge in [-0.15, -0.1) is 11.3 Å². The summed E-state index contributed by atoms with van der Waals surface area (Å²) in [4.78, 5) is 45.3. The molecule has 2 heterocycles. The van der Waals surface area contributed by atoms with Gasteiger partial charge in [-0.3, -0.25) is 14.4 Å². The lowest BCUT2D eigenvalue weighted by molar-refractivity contribution is -0.142. The summed E-state index contributed by atoms with van der Waals surface area (Å²) in [5.41, 5.74) is 4.81. The minimum atomic E-state index is -0.812. The number of aliphatic hydroxyl groups is 1. The van der Waals surface area contributed by atoms with Crippen molar-refractivity contribution in [3.8, 4) is 10.4 Å². The molecule has 0 radical (unpaired) electrons. The number of thioether (sulfide) groups is 1. The van der Waals surface area contributed by atoms with Crippen molar-refractivity contribution in [3.63, 3.8) is 0 Å². The fourth-order valence-corrected chi connectivity index (χ4v) is 6.21. The van der Waals surface area contributed by atoms with Crippen molar-refractivity contribution in [1.82, 2.24) is 20.5 Å². The molecule has 0 spiro atoms. The Hall–Kier alpha value is -2.43. The van der Waals surface area contributed by atoms with E-state index in [1.165, 1.54) is 11.8 Å². The van der Waals surface area contributed by atoms with Crippen LogP contribution in [0.3, 0.4) is 0 Å². The molecule has 10 heteroatoms. The Morgan fingerprint density at radius 2 is 1.97 bits per heavy atom. The largest absolute Gasteiger partial charge is 0.391 e. The second-order valence-corrected chi connectivity index (χ2v) is 12.0. The third-order valence-electron chi connectivity index (χ3n) is 6.10. The van der Waals surface area contributed by atoms with E-state index in [4.69, 9.17) is 0 Å². The summed E-state index contributed by atoms with van der Waals surface area (Å²) in [6.07, 6.45) is -0.633. The predicted octanol–water partition coefficient (Wildman–Crippen LogP) is 2.73. The molecule has 3 amide bonds. The fraction of sp³-hybridized carbons (Fsp3) is 0.520. The van der Waals surface area contributed by atoms with Crippen LogP contribution in [0.5, 0.6) is 0 Å². The van der Waals surface area contributed by atoms with E-state index in [-0.39, 0.29) is 30.7 Å². The molecular weight excluding hydrogens is 484 g/mol. The van der Waals surface area contributed by atoms with Gasteiger partial charge >= 0.3 is 0 Å². The normalized spacial score (nSPS) is 18.9. The van der Waals surface area contributed by atoms with Gasteiger partial charge in [-0.25, -0.2) is 4.98 Å². The van der Waals surface area contributed by atoms with E-state index in [2.05, 4.69) is 15.6 Å². The molecule has 1 aromatic heterocycles. The minimum Gasteiger partial charge on any atom is -0.391 e. The summed E-state index contributed by atoms with van der Waals surface area (Å²) in [5.74, 6) is -0.220. The summed E-state index contributed by atoms with van der Waals surface area (Å²) in [7, 11) is 0. The van der Waals surface area contributed by atoms with Crippen LogP contribution in [-0.2, 0) is 20.9 Å². The molecular formula is C25H34N4O4S2. The summed E-state index contributed by atoms with van der Waals surface area (Å²) >= 11 is 3.15. The van der Waals surface area contributed by atoms with E-state index in [9.17, 15) is 19.5 Å². The van der Waals surface area contributed by atoms with Crippen LogP contribution in [0.15, 0.2) is 29.8 Å². The zero-order valence-corrected chi connectivity index (χ0v) is 22.5. The number of rotatable bonds is 9. The number of thiazole rings is 1. The first kappa shape index (κ1) is 27.2. The SMILES string of the molecule is CCSC(C)(C)[C@H](NC(C)=O)C(=O)N1C[C@H](O)CC1C(=O)NCc1ccc(-c2scnc2C)cc1. The number of nitrogens with zero attached hydrogens (tertiary/aromatic N) is 2. The molecule has 2 aromatic rings. The van der Waals surface area contributed by atoms with Gasteiger partial charge in [0.1, 0.15) is 12.1 Å². The Balaban J connectivity index is 1.69. The van der Waals surface area contributed by atoms with E-state index in [1.54, 1.807) is 23.1 Å². The van der Waals surface area contributed by atoms with Crippen molar-refractivity contribution in [3.05, 3.63) is 41.0 Å². The second kappa shape index (κ2) is 11.5. The number of aliphatic hydroxyl groups excluding tert-OH is 1. The highest BCUT2D eigenvalue weighted by atomic mass is 32.2. The number of hydrogen-bond donors (Lipinski definition) is 3. The second-order valence-electron chi connectivity index (χ2n) is 9.25. The lowest BCUT2D eigenvalue weighted by atomic mass is 10.0. The zero-order valence-electron chi connectivity index (χ0n) is 20.8.